The van der Waals surface area contributed by atoms with Crippen LogP contribution in [0.5, 0.6) is 0 Å². The van der Waals surface area contributed by atoms with Gasteiger partial charge in [-0.1, -0.05) is 36.8 Å². The van der Waals surface area contributed by atoms with Crippen molar-refractivity contribution in [2.75, 3.05) is 18.5 Å². The minimum atomic E-state index is -0.986. The maximum Gasteiger partial charge on any atom is 0.328 e. The second kappa shape index (κ2) is 18.0. The van der Waals surface area contributed by atoms with Crippen LogP contribution in [0, 0.1) is 17.8 Å². The second-order valence-electron chi connectivity index (χ2n) is 15.4. The first-order valence-electron chi connectivity index (χ1n) is 19.5. The molecule has 2 heterocycles. The number of carbonyl (C=O) groups is 3. The van der Waals surface area contributed by atoms with E-state index >= 15 is 0 Å². The van der Waals surface area contributed by atoms with E-state index in [-0.39, 0.29) is 48.4 Å². The first-order chi connectivity index (χ1) is 25.8. The van der Waals surface area contributed by atoms with Crippen LogP contribution >= 0.6 is 0 Å². The number of fused-ring (bicyclic) bond motifs is 5. The number of hydrogen-bond donors (Lipinski definition) is 7. The molecule has 6 rings (SSSR count). The van der Waals surface area contributed by atoms with Crippen molar-refractivity contribution in [3.8, 4) is 0 Å². The van der Waals surface area contributed by atoms with Crippen LogP contribution in [-0.2, 0) is 20.8 Å². The fourth-order valence-corrected chi connectivity index (χ4v) is 9.51. The summed E-state index contributed by atoms with van der Waals surface area (Å²) in [5.74, 6) is 1.12. The monoisotopic (exact) mass is 724 g/mol. The maximum atomic E-state index is 12.5. The Bertz CT molecular complexity index is 1770. The Kier molecular flexibility index (Phi) is 13.0. The topological polar surface area (TPSA) is 196 Å². The largest absolute Gasteiger partial charge is 0.478 e. The van der Waals surface area contributed by atoms with E-state index < -0.39 is 5.97 Å². The van der Waals surface area contributed by atoms with E-state index in [9.17, 15) is 24.6 Å². The quantitative estimate of drug-likeness (QED) is 0.0614. The van der Waals surface area contributed by atoms with Crippen molar-refractivity contribution in [2.24, 2.45) is 34.2 Å². The molecule has 53 heavy (non-hydrogen) atoms. The van der Waals surface area contributed by atoms with Crippen molar-refractivity contribution in [2.45, 2.75) is 107 Å². The highest BCUT2D eigenvalue weighted by molar-refractivity contribution is 5.86. The third kappa shape index (κ3) is 9.37. The molecule has 0 amide bonds. The van der Waals surface area contributed by atoms with Crippen LogP contribution in [-0.4, -0.2) is 71.0 Å². The number of aldehydes is 2. The number of benzene rings is 2. The number of carbonyl (C=O) groups excluding carboxylic acids is 2. The van der Waals surface area contributed by atoms with Crippen LogP contribution in [0.15, 0.2) is 65.3 Å². The zero-order valence-corrected chi connectivity index (χ0v) is 30.6. The fourth-order valence-electron chi connectivity index (χ4n) is 9.51. The summed E-state index contributed by atoms with van der Waals surface area (Å²) in [7, 11) is 0. The Morgan fingerprint density at radius 1 is 1.02 bits per heavy atom. The molecule has 0 spiro atoms. The Morgan fingerprint density at radius 2 is 1.87 bits per heavy atom. The zero-order valence-electron chi connectivity index (χ0n) is 30.6. The van der Waals surface area contributed by atoms with Crippen LogP contribution in [0.2, 0.25) is 0 Å². The number of nitrogens with two attached hydrogens (primary N) is 2. The van der Waals surface area contributed by atoms with Gasteiger partial charge in [-0.15, -0.1) is 0 Å². The number of aliphatic imine (C=N–C) groups is 1. The van der Waals surface area contributed by atoms with E-state index in [1.807, 2.05) is 24.4 Å². The lowest BCUT2D eigenvalue weighted by atomic mass is 9.56. The van der Waals surface area contributed by atoms with Crippen molar-refractivity contribution in [1.82, 2.24) is 10.3 Å². The molecule has 11 nitrogen and oxygen atoms in total. The van der Waals surface area contributed by atoms with E-state index in [1.165, 1.54) is 22.6 Å². The van der Waals surface area contributed by atoms with Crippen molar-refractivity contribution in [3.05, 3.63) is 77.0 Å². The fraction of sp³-hybridized carbons (Fsp3) is 0.524. The number of H-pyrrole nitrogens is 1. The third-order valence-corrected chi connectivity index (χ3v) is 12.1. The third-order valence-electron chi connectivity index (χ3n) is 12.1. The van der Waals surface area contributed by atoms with Crippen LogP contribution in [0.4, 0.5) is 5.82 Å². The molecule has 3 aliphatic rings. The number of nitrogens with one attached hydrogen (secondary N) is 3. The molecule has 8 unspecified atom stereocenters. The molecule has 1 aromatic heterocycles. The normalized spacial score (nSPS) is 24.3. The molecule has 1 fully saturated rings. The van der Waals surface area contributed by atoms with Gasteiger partial charge in [0.2, 0.25) is 0 Å². The van der Waals surface area contributed by atoms with Crippen LogP contribution in [0.3, 0.4) is 0 Å². The first-order valence-corrected chi connectivity index (χ1v) is 19.5. The Hall–Kier alpha value is -4.48. The van der Waals surface area contributed by atoms with Crippen molar-refractivity contribution in [3.63, 3.8) is 0 Å². The minimum Gasteiger partial charge on any atom is -0.478 e. The van der Waals surface area contributed by atoms with Crippen LogP contribution in [0.25, 0.3) is 10.8 Å². The summed E-state index contributed by atoms with van der Waals surface area (Å²) in [6.07, 6.45) is 14.7. The van der Waals surface area contributed by atoms with E-state index in [0.29, 0.717) is 44.1 Å². The second-order valence-corrected chi connectivity index (χ2v) is 15.4. The molecular formula is C42H56N6O5. The van der Waals surface area contributed by atoms with Gasteiger partial charge in [0.1, 0.15) is 18.4 Å². The predicted octanol–water partition coefficient (Wildman–Crippen LogP) is 5.54. The molecule has 2 aliphatic carbocycles. The lowest BCUT2D eigenvalue weighted by Gasteiger charge is -2.50. The average molecular weight is 725 g/mol. The Labute approximate surface area is 312 Å². The highest BCUT2D eigenvalue weighted by atomic mass is 16.4. The summed E-state index contributed by atoms with van der Waals surface area (Å²) in [6.45, 7) is 0.612. The van der Waals surface area contributed by atoms with Gasteiger partial charge < -0.3 is 46.9 Å². The molecule has 0 saturated heterocycles. The predicted molar refractivity (Wildman–Crippen MR) is 209 cm³/mol. The van der Waals surface area contributed by atoms with Gasteiger partial charge >= 0.3 is 5.97 Å². The molecular weight excluding hydrogens is 668 g/mol. The van der Waals surface area contributed by atoms with Gasteiger partial charge in [-0.05, 0) is 133 Å². The molecule has 2 bridgehead atoms. The lowest BCUT2D eigenvalue weighted by molar-refractivity contribution is -0.131. The minimum absolute atomic E-state index is 0.0241. The molecule has 2 aromatic carbocycles. The van der Waals surface area contributed by atoms with Crippen LogP contribution in [0.1, 0.15) is 99.2 Å². The van der Waals surface area contributed by atoms with Gasteiger partial charge in [0.15, 0.2) is 5.96 Å². The highest BCUT2D eigenvalue weighted by Crippen LogP contribution is 2.56. The lowest BCUT2D eigenvalue weighted by Crippen LogP contribution is -2.51. The number of aliphatic hydroxyl groups is 1. The van der Waals surface area contributed by atoms with Crippen molar-refractivity contribution < 1.29 is 24.6 Å². The summed E-state index contributed by atoms with van der Waals surface area (Å²) in [5.41, 5.74) is 17.4. The number of aliphatic hydroxyl groups excluding tert-OH is 1. The molecule has 284 valence electrons. The van der Waals surface area contributed by atoms with E-state index in [2.05, 4.69) is 44.9 Å². The SMILES string of the molecule is NC1=NCCC(C(=CC(=O)O)C(Nc2ccc[nH]2)C2CCC3CC2C(CCCC(N)CCC(C=O)CCCO)c2cc4cc(CC=O)ccc4cc23)N1. The first kappa shape index (κ1) is 38.3. The number of guanidine groups is 1. The van der Waals surface area contributed by atoms with Gasteiger partial charge in [-0.2, -0.15) is 0 Å². The van der Waals surface area contributed by atoms with E-state index in [0.717, 1.165) is 86.3 Å². The molecule has 0 radical (unpaired) electrons. The number of aliphatic carboxylic acids is 1. The molecule has 11 heteroatoms. The van der Waals surface area contributed by atoms with Gasteiger partial charge in [0.25, 0.3) is 0 Å². The van der Waals surface area contributed by atoms with Crippen LogP contribution < -0.4 is 22.1 Å². The number of carboxylic acid groups (broad SMARTS) is 1. The van der Waals surface area contributed by atoms with Crippen molar-refractivity contribution >= 4 is 41.1 Å². The molecule has 8 atom stereocenters. The number of aromatic nitrogens is 1. The highest BCUT2D eigenvalue weighted by Gasteiger charge is 2.46. The maximum absolute atomic E-state index is 12.5. The summed E-state index contributed by atoms with van der Waals surface area (Å²) >= 11 is 0. The number of rotatable bonds is 19. The zero-order chi connectivity index (χ0) is 37.3. The van der Waals surface area contributed by atoms with Gasteiger partial charge in [0.05, 0.1) is 12.1 Å². The van der Waals surface area contributed by atoms with E-state index in [4.69, 9.17) is 11.5 Å². The summed E-state index contributed by atoms with van der Waals surface area (Å²) in [4.78, 5) is 43.1. The average Bonchev–Trinajstić information content (AvgIpc) is 3.67. The Morgan fingerprint density at radius 3 is 2.60 bits per heavy atom. The Balaban J connectivity index is 1.34. The standard InChI is InChI=1S/C42H56N6O5/c43-31(12-9-27(25-51)4-3-18-49)5-1-6-32-35-22-29(34-21-28-10-8-26(15-19-50)20-30(28)23-36(32)34)11-13-33(35)41(48-39-7-2-16-45-39)37(24-40(52)53)38-14-17-46-42(44)47-38/h2,7-8,10,16,19-21,23-25,27,29,31-33,35,38,41,45,48-49H,1,3-6,9,11-15,17-18,22,43H2,(H,52,53)(H3,44,46,47). The summed E-state index contributed by atoms with van der Waals surface area (Å²) in [6, 6.07) is 14.4. The number of carboxylic acids is 1. The molecule has 1 saturated carbocycles. The molecule has 3 aromatic rings. The number of hydrogen-bond acceptors (Lipinski definition) is 9. The number of nitrogens with zero attached hydrogens (tertiary/aromatic N) is 1. The van der Waals surface area contributed by atoms with Gasteiger partial charge in [-0.25, -0.2) is 4.79 Å². The van der Waals surface area contributed by atoms with Gasteiger partial charge in [0, 0.05) is 43.8 Å². The molecule has 9 N–H and O–H groups in total. The summed E-state index contributed by atoms with van der Waals surface area (Å²) < 4.78 is 0. The van der Waals surface area contributed by atoms with Gasteiger partial charge in [-0.3, -0.25) is 4.99 Å². The molecule has 1 aliphatic heterocycles. The number of aromatic amines is 1. The van der Waals surface area contributed by atoms with E-state index in [1.54, 1.807) is 0 Å². The summed E-state index contributed by atoms with van der Waals surface area (Å²) in [5, 5.41) is 28.8. The number of anilines is 1. The van der Waals surface area contributed by atoms with Crippen molar-refractivity contribution in [1.29, 1.82) is 0 Å². The smallest absolute Gasteiger partial charge is 0.328 e.